The molecule has 13 heavy (non-hydrogen) atoms. The SMILES string of the molecule is N#Cc1cccc2c1CC[C@@H]2NCl. The molecule has 1 aliphatic rings. The van der Waals surface area contributed by atoms with E-state index in [4.69, 9.17) is 17.0 Å². The number of nitriles is 1. The number of hydrogen-bond donors (Lipinski definition) is 1. The summed E-state index contributed by atoms with van der Waals surface area (Å²) in [5.41, 5.74) is 3.11. The van der Waals surface area contributed by atoms with Crippen LogP contribution < -0.4 is 4.84 Å². The molecular weight excluding hydrogens is 184 g/mol. The average Bonchev–Trinajstić information content (AvgIpc) is 2.60. The molecule has 0 bridgehead atoms. The van der Waals surface area contributed by atoms with Crippen LogP contribution in [0.15, 0.2) is 18.2 Å². The molecule has 1 atom stereocenters. The van der Waals surface area contributed by atoms with Crippen LogP contribution in [0.3, 0.4) is 0 Å². The largest absolute Gasteiger partial charge is 0.226 e. The van der Waals surface area contributed by atoms with E-state index in [0.29, 0.717) is 0 Å². The summed E-state index contributed by atoms with van der Waals surface area (Å²) < 4.78 is 0. The molecule has 1 aliphatic carbocycles. The van der Waals surface area contributed by atoms with Gasteiger partial charge in [0.15, 0.2) is 0 Å². The lowest BCUT2D eigenvalue weighted by atomic mass is 10.0. The third-order valence-corrected chi connectivity index (χ3v) is 2.79. The predicted molar refractivity (Wildman–Crippen MR) is 51.2 cm³/mol. The fraction of sp³-hybridized carbons (Fsp3) is 0.300. The molecule has 2 nitrogen and oxygen atoms in total. The van der Waals surface area contributed by atoms with Crippen LogP contribution in [-0.4, -0.2) is 0 Å². The fourth-order valence-corrected chi connectivity index (χ4v) is 2.10. The molecule has 1 N–H and O–H groups in total. The van der Waals surface area contributed by atoms with E-state index < -0.39 is 0 Å². The van der Waals surface area contributed by atoms with Crippen LogP contribution in [0, 0.1) is 11.3 Å². The van der Waals surface area contributed by atoms with Crippen molar-refractivity contribution in [2.24, 2.45) is 0 Å². The number of nitrogens with zero attached hydrogens (tertiary/aromatic N) is 1. The first kappa shape index (κ1) is 8.55. The van der Waals surface area contributed by atoms with Crippen LogP contribution in [0.1, 0.15) is 29.2 Å². The first-order valence-electron chi connectivity index (χ1n) is 4.25. The normalized spacial score (nSPS) is 19.5. The molecule has 0 unspecified atom stereocenters. The Morgan fingerprint density at radius 2 is 2.38 bits per heavy atom. The van der Waals surface area contributed by atoms with Crippen molar-refractivity contribution in [1.82, 2.24) is 4.84 Å². The molecule has 0 saturated carbocycles. The van der Waals surface area contributed by atoms with Crippen LogP contribution in [0.2, 0.25) is 0 Å². The number of rotatable bonds is 1. The first-order chi connectivity index (χ1) is 6.36. The maximum absolute atomic E-state index is 8.86. The summed E-state index contributed by atoms with van der Waals surface area (Å²) in [6, 6.07) is 8.21. The highest BCUT2D eigenvalue weighted by Gasteiger charge is 2.23. The van der Waals surface area contributed by atoms with Gasteiger partial charge in [-0.3, -0.25) is 0 Å². The summed E-state index contributed by atoms with van der Waals surface area (Å²) >= 11 is 5.60. The standard InChI is InChI=1S/C10H9ClN2/c11-13-10-5-4-8-7(6-12)2-1-3-9(8)10/h1-3,10,13H,4-5H2/t10-/m0/s1. The quantitative estimate of drug-likeness (QED) is 0.693. The molecule has 1 aromatic carbocycles. The highest BCUT2D eigenvalue weighted by Crippen LogP contribution is 2.33. The molecular formula is C10H9ClN2. The van der Waals surface area contributed by atoms with E-state index in [1.54, 1.807) is 0 Å². The Bertz CT molecular complexity index is 368. The topological polar surface area (TPSA) is 35.8 Å². The van der Waals surface area contributed by atoms with Gasteiger partial charge in [0.05, 0.1) is 11.6 Å². The summed E-state index contributed by atoms with van der Waals surface area (Å²) in [6.07, 6.45) is 1.93. The molecule has 0 aliphatic heterocycles. The van der Waals surface area contributed by atoms with Crippen molar-refractivity contribution in [2.45, 2.75) is 18.9 Å². The highest BCUT2D eigenvalue weighted by atomic mass is 35.5. The van der Waals surface area contributed by atoms with Gasteiger partial charge in [-0.05, 0) is 41.8 Å². The Morgan fingerprint density at radius 1 is 1.54 bits per heavy atom. The Kier molecular flexibility index (Phi) is 2.22. The highest BCUT2D eigenvalue weighted by molar-refractivity contribution is 6.13. The Balaban J connectivity index is 2.50. The van der Waals surface area contributed by atoms with Gasteiger partial charge in [0.1, 0.15) is 0 Å². The monoisotopic (exact) mass is 192 g/mol. The van der Waals surface area contributed by atoms with E-state index in [1.165, 1.54) is 5.56 Å². The van der Waals surface area contributed by atoms with Crippen LogP contribution >= 0.6 is 11.8 Å². The van der Waals surface area contributed by atoms with Gasteiger partial charge in [-0.1, -0.05) is 12.1 Å². The van der Waals surface area contributed by atoms with E-state index in [1.807, 2.05) is 18.2 Å². The van der Waals surface area contributed by atoms with Crippen molar-refractivity contribution < 1.29 is 0 Å². The van der Waals surface area contributed by atoms with Gasteiger partial charge in [-0.15, -0.1) is 0 Å². The van der Waals surface area contributed by atoms with Crippen molar-refractivity contribution in [1.29, 1.82) is 5.26 Å². The molecule has 66 valence electrons. The minimum absolute atomic E-state index is 0.213. The zero-order chi connectivity index (χ0) is 9.26. The summed E-state index contributed by atoms with van der Waals surface area (Å²) in [7, 11) is 0. The van der Waals surface area contributed by atoms with Gasteiger partial charge in [0, 0.05) is 6.04 Å². The number of hydrogen-bond acceptors (Lipinski definition) is 2. The lowest BCUT2D eigenvalue weighted by molar-refractivity contribution is 0.660. The maximum Gasteiger partial charge on any atom is 0.0994 e. The average molecular weight is 193 g/mol. The smallest absolute Gasteiger partial charge is 0.0994 e. The van der Waals surface area contributed by atoms with Crippen molar-refractivity contribution in [2.75, 3.05) is 0 Å². The number of halogens is 1. The molecule has 0 heterocycles. The Labute approximate surface area is 82.2 Å². The molecule has 2 rings (SSSR count). The molecule has 0 amide bonds. The van der Waals surface area contributed by atoms with Gasteiger partial charge in [-0.2, -0.15) is 5.26 Å². The summed E-state index contributed by atoms with van der Waals surface area (Å²) in [5.74, 6) is 0. The molecule has 0 saturated heterocycles. The van der Waals surface area contributed by atoms with Crippen molar-refractivity contribution in [3.8, 4) is 6.07 Å². The molecule has 0 fully saturated rings. The minimum atomic E-state index is 0.213. The Morgan fingerprint density at radius 3 is 3.08 bits per heavy atom. The van der Waals surface area contributed by atoms with Crippen molar-refractivity contribution >= 4 is 11.8 Å². The van der Waals surface area contributed by atoms with E-state index in [2.05, 4.69) is 10.9 Å². The zero-order valence-electron chi connectivity index (χ0n) is 7.05. The summed E-state index contributed by atoms with van der Waals surface area (Å²) in [6.45, 7) is 0. The second kappa shape index (κ2) is 3.37. The van der Waals surface area contributed by atoms with Crippen LogP contribution in [0.25, 0.3) is 0 Å². The lowest BCUT2D eigenvalue weighted by Gasteiger charge is -2.07. The van der Waals surface area contributed by atoms with Crippen LogP contribution in [0.5, 0.6) is 0 Å². The van der Waals surface area contributed by atoms with Gasteiger partial charge in [-0.25, -0.2) is 4.84 Å². The zero-order valence-corrected chi connectivity index (χ0v) is 7.80. The van der Waals surface area contributed by atoms with Crippen molar-refractivity contribution in [3.05, 3.63) is 34.9 Å². The Hall–Kier alpha value is -1.04. The minimum Gasteiger partial charge on any atom is -0.226 e. The van der Waals surface area contributed by atoms with E-state index in [0.717, 1.165) is 24.0 Å². The van der Waals surface area contributed by atoms with Crippen LogP contribution in [0.4, 0.5) is 0 Å². The van der Waals surface area contributed by atoms with Crippen molar-refractivity contribution in [3.63, 3.8) is 0 Å². The second-order valence-corrected chi connectivity index (χ2v) is 3.40. The number of benzene rings is 1. The number of nitrogens with one attached hydrogen (secondary N) is 1. The molecule has 3 heteroatoms. The predicted octanol–water partition coefficient (Wildman–Crippen LogP) is 2.29. The van der Waals surface area contributed by atoms with Gasteiger partial charge in [0.25, 0.3) is 0 Å². The third kappa shape index (κ3) is 1.31. The summed E-state index contributed by atoms with van der Waals surface area (Å²) in [4.78, 5) is 2.73. The van der Waals surface area contributed by atoms with E-state index in [-0.39, 0.29) is 6.04 Å². The molecule has 0 spiro atoms. The number of fused-ring (bicyclic) bond motifs is 1. The first-order valence-corrected chi connectivity index (χ1v) is 4.62. The third-order valence-electron chi connectivity index (χ3n) is 2.52. The lowest BCUT2D eigenvalue weighted by Crippen LogP contribution is -2.06. The fourth-order valence-electron chi connectivity index (χ4n) is 1.87. The second-order valence-electron chi connectivity index (χ2n) is 3.19. The molecule has 0 radical (unpaired) electrons. The van der Waals surface area contributed by atoms with Gasteiger partial charge >= 0.3 is 0 Å². The summed E-state index contributed by atoms with van der Waals surface area (Å²) in [5, 5.41) is 8.86. The molecule has 1 aromatic rings. The maximum atomic E-state index is 8.86. The van der Waals surface area contributed by atoms with Crippen LogP contribution in [-0.2, 0) is 6.42 Å². The molecule has 0 aromatic heterocycles. The van der Waals surface area contributed by atoms with Gasteiger partial charge < -0.3 is 0 Å². The van der Waals surface area contributed by atoms with Gasteiger partial charge in [0.2, 0.25) is 0 Å². The van der Waals surface area contributed by atoms with E-state index in [9.17, 15) is 0 Å². The van der Waals surface area contributed by atoms with E-state index >= 15 is 0 Å².